The molecule has 1 aliphatic heterocycles. The Morgan fingerprint density at radius 3 is 2.05 bits per heavy atom. The summed E-state index contributed by atoms with van der Waals surface area (Å²) in [6.07, 6.45) is -8.81. The molecule has 1 aromatic rings. The lowest BCUT2D eigenvalue weighted by Crippen LogP contribution is -2.22. The number of aliphatic imine (C=N–C) groups is 1. The average Bonchev–Trinajstić information content (AvgIpc) is 2.59. The fourth-order valence-corrected chi connectivity index (χ4v) is 1.93. The van der Waals surface area contributed by atoms with Crippen molar-refractivity contribution in [3.8, 4) is 0 Å². The summed E-state index contributed by atoms with van der Waals surface area (Å²) >= 11 is 0. The first-order valence-corrected chi connectivity index (χ1v) is 6.63. The van der Waals surface area contributed by atoms with Crippen molar-refractivity contribution in [2.24, 2.45) is 4.99 Å². The van der Waals surface area contributed by atoms with Crippen LogP contribution >= 0.6 is 0 Å². The van der Waals surface area contributed by atoms with Gasteiger partial charge in [0.05, 0.1) is 11.3 Å². The zero-order valence-corrected chi connectivity index (χ0v) is 12.2. The van der Waals surface area contributed by atoms with Crippen LogP contribution in [0.3, 0.4) is 0 Å². The second kappa shape index (κ2) is 6.54. The van der Waals surface area contributed by atoms with E-state index in [1.165, 1.54) is 19.1 Å². The molecule has 0 fully saturated rings. The molecule has 7 heteroatoms. The lowest BCUT2D eigenvalue weighted by atomic mass is 10.0. The summed E-state index contributed by atoms with van der Waals surface area (Å²) in [6.45, 7) is 5.47. The average molecular weight is 323 g/mol. The lowest BCUT2D eigenvalue weighted by molar-refractivity contribution is -0.137. The molecule has 1 aliphatic rings. The lowest BCUT2D eigenvalue weighted by Gasteiger charge is -2.14. The summed E-state index contributed by atoms with van der Waals surface area (Å²) in [4.78, 5) is 3.25. The van der Waals surface area contributed by atoms with Gasteiger partial charge in [-0.15, -0.1) is 0 Å². The van der Waals surface area contributed by atoms with E-state index >= 15 is 0 Å². The molecule has 0 amide bonds. The largest absolute Gasteiger partial charge is 0.429 e. The second-order valence-corrected chi connectivity index (χ2v) is 4.35. The minimum atomic E-state index is -4.75. The fraction of sp³-hybridized carbons (Fsp3) is 0.400. The smallest absolute Gasteiger partial charge is 0.247 e. The molecule has 122 valence electrons. The van der Waals surface area contributed by atoms with E-state index in [2.05, 4.69) is 4.99 Å². The quantitative estimate of drug-likeness (QED) is 0.506. The summed E-state index contributed by atoms with van der Waals surface area (Å²) in [5, 5.41) is 0. The topological polar surface area (TPSA) is 12.4 Å². The highest BCUT2D eigenvalue weighted by molar-refractivity contribution is 5.97. The number of fused-ring (bicyclic) bond motifs is 1. The monoisotopic (exact) mass is 323 g/mol. The van der Waals surface area contributed by atoms with Gasteiger partial charge in [0.1, 0.15) is 5.71 Å². The number of benzene rings is 1. The van der Waals surface area contributed by atoms with Crippen LogP contribution in [0.25, 0.3) is 5.57 Å². The highest BCUT2D eigenvalue weighted by atomic mass is 19.4. The molecule has 0 bridgehead atoms. The minimum Gasteiger partial charge on any atom is -0.247 e. The standard InChI is InChI=1S/C13H9F6N.C2H6/c1-7-5-6-10(13(17,18)19)20-11-8(7)3-2-4-9(11)12(14,15)16;1-2/h2-5H,6H2,1H3;1-2H3. The van der Waals surface area contributed by atoms with Gasteiger partial charge in [0.25, 0.3) is 0 Å². The van der Waals surface area contributed by atoms with Gasteiger partial charge in [0.2, 0.25) is 0 Å². The number of hydrogen-bond donors (Lipinski definition) is 0. The van der Waals surface area contributed by atoms with Crippen molar-refractivity contribution in [2.75, 3.05) is 0 Å². The van der Waals surface area contributed by atoms with E-state index in [-0.39, 0.29) is 5.56 Å². The van der Waals surface area contributed by atoms with Crippen LogP contribution in [-0.4, -0.2) is 11.9 Å². The molecular weight excluding hydrogens is 308 g/mol. The first-order valence-electron chi connectivity index (χ1n) is 6.63. The zero-order valence-electron chi connectivity index (χ0n) is 12.2. The third-order valence-electron chi connectivity index (χ3n) is 2.94. The Hall–Kier alpha value is -1.79. The van der Waals surface area contributed by atoms with Crippen molar-refractivity contribution in [1.82, 2.24) is 0 Å². The van der Waals surface area contributed by atoms with E-state index < -0.39 is 35.7 Å². The Morgan fingerprint density at radius 1 is 0.955 bits per heavy atom. The van der Waals surface area contributed by atoms with Gasteiger partial charge >= 0.3 is 12.4 Å². The molecule has 0 N–H and O–H groups in total. The Labute approximate surface area is 124 Å². The molecule has 22 heavy (non-hydrogen) atoms. The number of hydrogen-bond acceptors (Lipinski definition) is 1. The first kappa shape index (κ1) is 18.3. The van der Waals surface area contributed by atoms with Gasteiger partial charge < -0.3 is 0 Å². The van der Waals surface area contributed by atoms with E-state index in [9.17, 15) is 26.3 Å². The molecule has 0 atom stereocenters. The van der Waals surface area contributed by atoms with Crippen LogP contribution in [0.2, 0.25) is 0 Å². The minimum absolute atomic E-state index is 0.0686. The Kier molecular flexibility index (Phi) is 5.43. The maximum atomic E-state index is 12.9. The predicted octanol–water partition coefficient (Wildman–Crippen LogP) is 6.17. The predicted molar refractivity (Wildman–Crippen MR) is 74.2 cm³/mol. The van der Waals surface area contributed by atoms with Gasteiger partial charge in [-0.05, 0) is 18.6 Å². The van der Waals surface area contributed by atoms with E-state index in [0.29, 0.717) is 5.57 Å². The van der Waals surface area contributed by atoms with Crippen LogP contribution in [0, 0.1) is 0 Å². The Bertz CT molecular complexity index is 593. The van der Waals surface area contributed by atoms with Crippen LogP contribution in [-0.2, 0) is 6.18 Å². The van der Waals surface area contributed by atoms with Crippen molar-refractivity contribution in [1.29, 1.82) is 0 Å². The number of allylic oxidation sites excluding steroid dienone is 2. The number of halogens is 6. The van der Waals surface area contributed by atoms with Crippen molar-refractivity contribution in [2.45, 2.75) is 39.5 Å². The van der Waals surface area contributed by atoms with E-state index in [4.69, 9.17) is 0 Å². The van der Waals surface area contributed by atoms with Crippen LogP contribution in [0.1, 0.15) is 38.3 Å². The number of nitrogens with zero attached hydrogens (tertiary/aromatic N) is 1. The molecule has 1 nitrogen and oxygen atoms in total. The highest BCUT2D eigenvalue weighted by Crippen LogP contribution is 2.42. The van der Waals surface area contributed by atoms with Crippen LogP contribution < -0.4 is 0 Å². The fourth-order valence-electron chi connectivity index (χ4n) is 1.93. The van der Waals surface area contributed by atoms with Gasteiger partial charge in [0, 0.05) is 12.0 Å². The summed E-state index contributed by atoms with van der Waals surface area (Å²) in [5.74, 6) is 0. The normalized spacial score (nSPS) is 15.0. The first-order chi connectivity index (χ1) is 10.1. The van der Waals surface area contributed by atoms with E-state index in [1.54, 1.807) is 0 Å². The summed E-state index contributed by atoms with van der Waals surface area (Å²) in [5.41, 5.74) is -2.65. The summed E-state index contributed by atoms with van der Waals surface area (Å²) in [7, 11) is 0. The van der Waals surface area contributed by atoms with Crippen molar-refractivity contribution >= 4 is 17.0 Å². The summed E-state index contributed by atoms with van der Waals surface area (Å²) in [6, 6.07) is 3.22. The number of para-hydroxylation sites is 1. The van der Waals surface area contributed by atoms with E-state index in [0.717, 1.165) is 12.1 Å². The van der Waals surface area contributed by atoms with Crippen LogP contribution in [0.5, 0.6) is 0 Å². The summed E-state index contributed by atoms with van der Waals surface area (Å²) < 4.78 is 76.9. The highest BCUT2D eigenvalue weighted by Gasteiger charge is 2.39. The number of alkyl halides is 6. The maximum absolute atomic E-state index is 12.9. The molecule has 0 radical (unpaired) electrons. The Morgan fingerprint density at radius 2 is 1.55 bits per heavy atom. The van der Waals surface area contributed by atoms with Crippen molar-refractivity contribution in [3.05, 3.63) is 35.4 Å². The van der Waals surface area contributed by atoms with Gasteiger partial charge in [-0.2, -0.15) is 26.3 Å². The molecular formula is C15H15F6N. The molecule has 0 saturated carbocycles. The van der Waals surface area contributed by atoms with E-state index in [1.807, 2.05) is 13.8 Å². The van der Waals surface area contributed by atoms with Gasteiger partial charge in [-0.1, -0.05) is 32.1 Å². The van der Waals surface area contributed by atoms with Gasteiger partial charge in [0.15, 0.2) is 0 Å². The van der Waals surface area contributed by atoms with Crippen LogP contribution in [0.4, 0.5) is 32.0 Å². The van der Waals surface area contributed by atoms with Gasteiger partial charge in [-0.3, -0.25) is 0 Å². The van der Waals surface area contributed by atoms with Crippen molar-refractivity contribution in [3.63, 3.8) is 0 Å². The molecule has 0 spiro atoms. The molecule has 0 unspecified atom stereocenters. The molecule has 0 aromatic heterocycles. The van der Waals surface area contributed by atoms with Crippen LogP contribution in [0.15, 0.2) is 29.3 Å². The molecule has 0 saturated heterocycles. The third-order valence-corrected chi connectivity index (χ3v) is 2.94. The molecule has 1 heterocycles. The molecule has 0 aliphatic carbocycles. The second-order valence-electron chi connectivity index (χ2n) is 4.35. The van der Waals surface area contributed by atoms with Gasteiger partial charge in [-0.25, -0.2) is 4.99 Å². The van der Waals surface area contributed by atoms with Crippen molar-refractivity contribution < 1.29 is 26.3 Å². The SMILES string of the molecule is CC.CC1=CCC(C(F)(F)F)=Nc2c1cccc2C(F)(F)F. The zero-order chi connectivity index (χ0) is 17.1. The maximum Gasteiger partial charge on any atom is 0.429 e. The molecule has 1 aromatic carbocycles. The third kappa shape index (κ3) is 3.90. The number of rotatable bonds is 0. The Balaban J connectivity index is 0.00000116. The molecule has 2 rings (SSSR count).